The summed E-state index contributed by atoms with van der Waals surface area (Å²) in [6, 6.07) is 2.13. The molecule has 31 heavy (non-hydrogen) atoms. The number of ketones is 1. The molecule has 1 unspecified atom stereocenters. The van der Waals surface area contributed by atoms with Gasteiger partial charge in [0.1, 0.15) is 11.8 Å². The van der Waals surface area contributed by atoms with Gasteiger partial charge in [0.25, 0.3) is 11.7 Å². The number of hydrogen-bond donors (Lipinski definition) is 1. The number of amides is 2. The van der Waals surface area contributed by atoms with Crippen molar-refractivity contribution < 1.29 is 32.3 Å². The van der Waals surface area contributed by atoms with Crippen LogP contribution in [0.15, 0.2) is 29.8 Å². The molecule has 0 saturated heterocycles. The number of benzene rings is 1. The van der Waals surface area contributed by atoms with Crippen LogP contribution in [0.25, 0.3) is 0 Å². The molecule has 1 aromatic carbocycles. The number of fused-ring (bicyclic) bond motifs is 1. The number of carbonyl (C=O) groups excluding carboxylic acids is 3. The van der Waals surface area contributed by atoms with Gasteiger partial charge in [-0.05, 0) is 30.5 Å². The van der Waals surface area contributed by atoms with Crippen molar-refractivity contribution in [3.8, 4) is 5.75 Å². The molecular weight excluding hydrogens is 435 g/mol. The zero-order valence-electron chi connectivity index (χ0n) is 16.1. The molecule has 1 fully saturated rings. The fourth-order valence-corrected chi connectivity index (χ4v) is 4.64. The normalized spacial score (nSPS) is 17.7. The highest BCUT2D eigenvalue weighted by Crippen LogP contribution is 2.38. The van der Waals surface area contributed by atoms with Crippen LogP contribution in [0.2, 0.25) is 0 Å². The first kappa shape index (κ1) is 21.3. The van der Waals surface area contributed by atoms with E-state index in [1.165, 1.54) is 23.6 Å². The molecule has 1 saturated carbocycles. The molecule has 1 N–H and O–H groups in total. The second-order valence-electron chi connectivity index (χ2n) is 7.46. The topological polar surface area (TPSA) is 88.6 Å². The predicted molar refractivity (Wildman–Crippen MR) is 106 cm³/mol. The van der Waals surface area contributed by atoms with Crippen molar-refractivity contribution in [3.05, 3.63) is 35.3 Å². The summed E-state index contributed by atoms with van der Waals surface area (Å²) in [4.78, 5) is 43.5. The number of anilines is 2. The minimum atomic E-state index is -4.93. The van der Waals surface area contributed by atoms with Gasteiger partial charge in [0.2, 0.25) is 5.91 Å². The van der Waals surface area contributed by atoms with E-state index < -0.39 is 35.8 Å². The summed E-state index contributed by atoms with van der Waals surface area (Å²) in [7, 11) is 0. The lowest BCUT2D eigenvalue weighted by atomic mass is 9.96. The number of nitrogens with one attached hydrogen (secondary N) is 1. The molecule has 1 aliphatic heterocycles. The summed E-state index contributed by atoms with van der Waals surface area (Å²) in [6.07, 6.45) is 0.785. The molecule has 1 aliphatic carbocycles. The van der Waals surface area contributed by atoms with E-state index in [2.05, 4.69) is 15.0 Å². The largest absolute Gasteiger partial charge is 0.573 e. The zero-order chi connectivity index (χ0) is 22.2. The van der Waals surface area contributed by atoms with Crippen LogP contribution in [-0.4, -0.2) is 35.0 Å². The molecule has 0 radical (unpaired) electrons. The summed E-state index contributed by atoms with van der Waals surface area (Å²) >= 11 is 1.21. The molecule has 0 bridgehead atoms. The maximum absolute atomic E-state index is 13.1. The van der Waals surface area contributed by atoms with E-state index in [9.17, 15) is 27.6 Å². The van der Waals surface area contributed by atoms with E-state index in [1.54, 1.807) is 5.38 Å². The summed E-state index contributed by atoms with van der Waals surface area (Å²) in [5, 5.41) is 4.71. The summed E-state index contributed by atoms with van der Waals surface area (Å²) in [6.45, 7) is 0. The molecule has 0 spiro atoms. The smallest absolute Gasteiger partial charge is 0.406 e. The van der Waals surface area contributed by atoms with Gasteiger partial charge in [-0.3, -0.25) is 19.3 Å². The molecule has 2 aliphatic rings. The van der Waals surface area contributed by atoms with E-state index >= 15 is 0 Å². The van der Waals surface area contributed by atoms with Crippen molar-refractivity contribution in [2.45, 2.75) is 44.5 Å². The average molecular weight is 453 g/mol. The fraction of sp³-hybridized carbons (Fsp3) is 0.400. The number of Topliss-reactive ketones (excluding diaryl/α,β-unsaturated/α-hetero) is 1. The van der Waals surface area contributed by atoms with E-state index in [1.807, 2.05) is 0 Å². The van der Waals surface area contributed by atoms with Crippen LogP contribution in [0.3, 0.4) is 0 Å². The quantitative estimate of drug-likeness (QED) is 0.664. The van der Waals surface area contributed by atoms with E-state index in [-0.39, 0.29) is 17.2 Å². The lowest BCUT2D eigenvalue weighted by Gasteiger charge is -2.29. The summed E-state index contributed by atoms with van der Waals surface area (Å²) < 4.78 is 41.5. The van der Waals surface area contributed by atoms with Crippen LogP contribution in [-0.2, 0) is 9.59 Å². The Morgan fingerprint density at radius 3 is 2.68 bits per heavy atom. The number of hydrogen-bond acceptors (Lipinski definition) is 6. The maximum Gasteiger partial charge on any atom is 0.573 e. The molecular formula is C20H18F3N3O4S. The minimum Gasteiger partial charge on any atom is -0.406 e. The van der Waals surface area contributed by atoms with Crippen LogP contribution in [0.5, 0.6) is 5.75 Å². The van der Waals surface area contributed by atoms with Gasteiger partial charge in [0, 0.05) is 11.6 Å². The second kappa shape index (κ2) is 8.29. The van der Waals surface area contributed by atoms with E-state index in [4.69, 9.17) is 0 Å². The van der Waals surface area contributed by atoms with Gasteiger partial charge < -0.3 is 10.1 Å². The van der Waals surface area contributed by atoms with Gasteiger partial charge in [0.05, 0.1) is 11.3 Å². The van der Waals surface area contributed by atoms with Crippen LogP contribution in [0.1, 0.15) is 42.5 Å². The number of carbonyl (C=O) groups is 3. The average Bonchev–Trinajstić information content (AvgIpc) is 3.43. The van der Waals surface area contributed by atoms with Gasteiger partial charge in [-0.15, -0.1) is 24.5 Å². The first-order chi connectivity index (χ1) is 14.7. The number of nitrogens with zero attached hydrogens (tertiary/aromatic N) is 2. The van der Waals surface area contributed by atoms with Crippen LogP contribution >= 0.6 is 11.3 Å². The van der Waals surface area contributed by atoms with Gasteiger partial charge in [0.15, 0.2) is 5.13 Å². The Morgan fingerprint density at radius 2 is 2.03 bits per heavy atom. The van der Waals surface area contributed by atoms with Crippen molar-refractivity contribution in [1.82, 2.24) is 4.98 Å². The number of thiazole rings is 1. The number of alkyl halides is 3. The first-order valence-electron chi connectivity index (χ1n) is 9.71. The van der Waals surface area contributed by atoms with Gasteiger partial charge in [-0.1, -0.05) is 25.7 Å². The van der Waals surface area contributed by atoms with Crippen LogP contribution in [0.4, 0.5) is 24.0 Å². The third-order valence-corrected chi connectivity index (χ3v) is 6.12. The van der Waals surface area contributed by atoms with Crippen molar-refractivity contribution in [2.75, 3.05) is 10.2 Å². The molecule has 2 amide bonds. The molecule has 1 aromatic heterocycles. The lowest BCUT2D eigenvalue weighted by Crippen LogP contribution is -2.47. The lowest BCUT2D eigenvalue weighted by molar-refractivity contribution is -0.274. The van der Waals surface area contributed by atoms with Crippen LogP contribution in [0, 0.1) is 5.92 Å². The summed E-state index contributed by atoms with van der Waals surface area (Å²) in [5.74, 6) is -2.82. The molecule has 2 aromatic rings. The second-order valence-corrected chi connectivity index (χ2v) is 8.35. The Morgan fingerprint density at radius 1 is 1.29 bits per heavy atom. The molecule has 164 valence electrons. The highest BCUT2D eigenvalue weighted by molar-refractivity contribution is 7.13. The molecule has 2 heterocycles. The van der Waals surface area contributed by atoms with Gasteiger partial charge in [-0.25, -0.2) is 4.98 Å². The van der Waals surface area contributed by atoms with Crippen molar-refractivity contribution in [3.63, 3.8) is 0 Å². The molecule has 11 heteroatoms. The molecule has 1 atom stereocenters. The predicted octanol–water partition coefficient (Wildman–Crippen LogP) is 4.16. The van der Waals surface area contributed by atoms with Gasteiger partial charge >= 0.3 is 6.36 Å². The number of halogens is 3. The third kappa shape index (κ3) is 4.55. The zero-order valence-corrected chi connectivity index (χ0v) is 17.0. The standard InChI is InChI=1S/C20H18F3N3O4S/c21-20(22,23)30-12-5-6-14-13(10-12)16(27)18(29)26(14)15(9-11-3-1-2-4-11)17(28)25-19-24-7-8-31-19/h5-8,10-11,15H,1-4,9H2,(H,24,25,28). The Bertz CT molecular complexity index is 1000. The molecule has 4 rings (SSSR count). The van der Waals surface area contributed by atoms with E-state index in [0.717, 1.165) is 42.7 Å². The highest BCUT2D eigenvalue weighted by atomic mass is 32.1. The fourth-order valence-electron chi connectivity index (χ4n) is 4.11. The third-order valence-electron chi connectivity index (χ3n) is 5.43. The number of ether oxygens (including phenoxy) is 1. The minimum absolute atomic E-state index is 0.0989. The van der Waals surface area contributed by atoms with Gasteiger partial charge in [-0.2, -0.15) is 0 Å². The highest BCUT2D eigenvalue weighted by Gasteiger charge is 2.44. The van der Waals surface area contributed by atoms with Crippen molar-refractivity contribution in [1.29, 1.82) is 0 Å². The maximum atomic E-state index is 13.1. The Labute approximate surface area is 179 Å². The SMILES string of the molecule is O=C1C(=O)N(C(CC2CCCC2)C(=O)Nc2nccs2)c2ccc(OC(F)(F)F)cc21. The number of aromatic nitrogens is 1. The Balaban J connectivity index is 1.66. The van der Waals surface area contributed by atoms with Crippen molar-refractivity contribution in [2.24, 2.45) is 5.92 Å². The monoisotopic (exact) mass is 453 g/mol. The van der Waals surface area contributed by atoms with Crippen LogP contribution < -0.4 is 15.0 Å². The Hall–Kier alpha value is -2.95. The van der Waals surface area contributed by atoms with Crippen molar-refractivity contribution >= 4 is 39.8 Å². The number of rotatable bonds is 6. The summed E-state index contributed by atoms with van der Waals surface area (Å²) in [5.41, 5.74) is -0.118. The van der Waals surface area contributed by atoms with E-state index in [0.29, 0.717) is 11.6 Å². The first-order valence-corrected chi connectivity index (χ1v) is 10.6. The Kier molecular flexibility index (Phi) is 5.69. The molecule has 7 nitrogen and oxygen atoms in total.